The summed E-state index contributed by atoms with van der Waals surface area (Å²) < 4.78 is 5.50. The predicted molar refractivity (Wildman–Crippen MR) is 89.4 cm³/mol. The molecule has 5 heteroatoms. The highest BCUT2D eigenvalue weighted by Crippen LogP contribution is 2.31. The number of ether oxygens (including phenoxy) is 1. The van der Waals surface area contributed by atoms with Crippen molar-refractivity contribution in [3.05, 3.63) is 33.8 Å². The number of hydrogen-bond acceptors (Lipinski definition) is 3. The first-order chi connectivity index (χ1) is 10.2. The van der Waals surface area contributed by atoms with Gasteiger partial charge < -0.3 is 15.0 Å². The van der Waals surface area contributed by atoms with Gasteiger partial charge in [0.1, 0.15) is 0 Å². The molecule has 0 aromatic heterocycles. The normalized spacial score (nSPS) is 18.4. The maximum atomic E-state index is 6.37. The number of halogens is 2. The van der Waals surface area contributed by atoms with Crippen LogP contribution in [0.15, 0.2) is 18.2 Å². The van der Waals surface area contributed by atoms with Crippen LogP contribution in [-0.2, 0) is 4.74 Å². The van der Waals surface area contributed by atoms with Crippen LogP contribution in [0.3, 0.4) is 0 Å². The van der Waals surface area contributed by atoms with Gasteiger partial charge in [-0.05, 0) is 31.0 Å². The zero-order chi connectivity index (χ0) is 15.1. The summed E-state index contributed by atoms with van der Waals surface area (Å²) in [5, 5.41) is 4.82. The molecule has 0 radical (unpaired) electrons. The van der Waals surface area contributed by atoms with E-state index in [0.29, 0.717) is 10.0 Å². The average molecular weight is 331 g/mol. The molecule has 1 aliphatic rings. The quantitative estimate of drug-likeness (QED) is 0.859. The van der Waals surface area contributed by atoms with E-state index < -0.39 is 0 Å². The van der Waals surface area contributed by atoms with Crippen LogP contribution in [-0.4, -0.2) is 44.3 Å². The first kappa shape index (κ1) is 17.0. The molecule has 1 saturated heterocycles. The SMILES string of the molecule is CCNC(CCN1CCCOCC1)c1cccc(Cl)c1Cl. The van der Waals surface area contributed by atoms with Crippen LogP contribution in [0.4, 0.5) is 0 Å². The highest BCUT2D eigenvalue weighted by molar-refractivity contribution is 6.42. The second-order valence-electron chi connectivity index (χ2n) is 5.35. The van der Waals surface area contributed by atoms with Crippen molar-refractivity contribution < 1.29 is 4.74 Å². The second-order valence-corrected chi connectivity index (χ2v) is 6.13. The lowest BCUT2D eigenvalue weighted by molar-refractivity contribution is 0.140. The molecule has 0 spiro atoms. The lowest BCUT2D eigenvalue weighted by atomic mass is 10.0. The third-order valence-electron chi connectivity index (χ3n) is 3.86. The Balaban J connectivity index is 1.99. The van der Waals surface area contributed by atoms with Gasteiger partial charge in [0.25, 0.3) is 0 Å². The Hall–Kier alpha value is -0.320. The summed E-state index contributed by atoms with van der Waals surface area (Å²) in [6.07, 6.45) is 2.14. The molecule has 1 atom stereocenters. The Morgan fingerprint density at radius 2 is 2.14 bits per heavy atom. The maximum Gasteiger partial charge on any atom is 0.0640 e. The average Bonchev–Trinajstić information content (AvgIpc) is 2.75. The fraction of sp³-hybridized carbons (Fsp3) is 0.625. The standard InChI is InChI=1S/C16H24Cl2N2O/c1-2-19-15(13-5-3-6-14(17)16(13)18)7-9-20-8-4-11-21-12-10-20/h3,5-6,15,19H,2,4,7-12H2,1H3. The predicted octanol–water partition coefficient (Wildman–Crippen LogP) is 3.76. The molecular weight excluding hydrogens is 307 g/mol. The van der Waals surface area contributed by atoms with Gasteiger partial charge in [-0.15, -0.1) is 0 Å². The summed E-state index contributed by atoms with van der Waals surface area (Å²) >= 11 is 12.5. The van der Waals surface area contributed by atoms with Crippen LogP contribution in [0.5, 0.6) is 0 Å². The molecule has 1 fully saturated rings. The van der Waals surface area contributed by atoms with Gasteiger partial charge in [-0.25, -0.2) is 0 Å². The van der Waals surface area contributed by atoms with Crippen LogP contribution in [0.2, 0.25) is 10.0 Å². The van der Waals surface area contributed by atoms with Gasteiger partial charge in [0.2, 0.25) is 0 Å². The Bertz CT molecular complexity index is 434. The van der Waals surface area contributed by atoms with E-state index in [9.17, 15) is 0 Å². The van der Waals surface area contributed by atoms with Crippen LogP contribution >= 0.6 is 23.2 Å². The Morgan fingerprint density at radius 3 is 2.95 bits per heavy atom. The summed E-state index contributed by atoms with van der Waals surface area (Å²) in [5.41, 5.74) is 1.09. The molecule has 118 valence electrons. The van der Waals surface area contributed by atoms with E-state index in [-0.39, 0.29) is 6.04 Å². The molecule has 0 aliphatic carbocycles. The first-order valence-electron chi connectivity index (χ1n) is 7.69. The van der Waals surface area contributed by atoms with Crippen molar-refractivity contribution in [3.8, 4) is 0 Å². The first-order valence-corrected chi connectivity index (χ1v) is 8.45. The van der Waals surface area contributed by atoms with Gasteiger partial charge in [-0.2, -0.15) is 0 Å². The van der Waals surface area contributed by atoms with Crippen molar-refractivity contribution in [2.24, 2.45) is 0 Å². The van der Waals surface area contributed by atoms with E-state index >= 15 is 0 Å². The van der Waals surface area contributed by atoms with Crippen LogP contribution in [0.25, 0.3) is 0 Å². The zero-order valence-corrected chi connectivity index (χ0v) is 14.1. The Morgan fingerprint density at radius 1 is 1.29 bits per heavy atom. The van der Waals surface area contributed by atoms with Gasteiger partial charge >= 0.3 is 0 Å². The molecule has 1 aromatic carbocycles. The molecule has 1 N–H and O–H groups in total. The van der Waals surface area contributed by atoms with Crippen LogP contribution < -0.4 is 5.32 Å². The zero-order valence-electron chi connectivity index (χ0n) is 12.6. The van der Waals surface area contributed by atoms with Gasteiger partial charge in [-0.3, -0.25) is 0 Å². The number of hydrogen-bond donors (Lipinski definition) is 1. The van der Waals surface area contributed by atoms with Crippen LogP contribution in [0.1, 0.15) is 31.4 Å². The van der Waals surface area contributed by atoms with E-state index in [1.807, 2.05) is 12.1 Å². The smallest absolute Gasteiger partial charge is 0.0640 e. The van der Waals surface area contributed by atoms with Crippen molar-refractivity contribution in [1.82, 2.24) is 10.2 Å². The molecule has 1 aliphatic heterocycles. The fourth-order valence-corrected chi connectivity index (χ4v) is 3.18. The molecule has 1 heterocycles. The topological polar surface area (TPSA) is 24.5 Å². The lowest BCUT2D eigenvalue weighted by Crippen LogP contribution is -2.31. The highest BCUT2D eigenvalue weighted by atomic mass is 35.5. The number of nitrogens with zero attached hydrogens (tertiary/aromatic N) is 1. The van der Waals surface area contributed by atoms with Crippen molar-refractivity contribution in [3.63, 3.8) is 0 Å². The fourth-order valence-electron chi connectivity index (χ4n) is 2.74. The molecule has 0 amide bonds. The van der Waals surface area contributed by atoms with Gasteiger partial charge in [0.05, 0.1) is 16.7 Å². The van der Waals surface area contributed by atoms with E-state index in [4.69, 9.17) is 27.9 Å². The number of nitrogens with one attached hydrogen (secondary N) is 1. The minimum atomic E-state index is 0.241. The number of rotatable bonds is 6. The molecule has 1 aromatic rings. The van der Waals surface area contributed by atoms with E-state index in [1.165, 1.54) is 0 Å². The van der Waals surface area contributed by atoms with Gasteiger partial charge in [0.15, 0.2) is 0 Å². The van der Waals surface area contributed by atoms with Crippen molar-refractivity contribution in [2.75, 3.05) is 39.4 Å². The van der Waals surface area contributed by atoms with Crippen molar-refractivity contribution >= 4 is 23.2 Å². The Kier molecular flexibility index (Phi) is 7.27. The largest absolute Gasteiger partial charge is 0.380 e. The minimum absolute atomic E-state index is 0.241. The minimum Gasteiger partial charge on any atom is -0.380 e. The third kappa shape index (κ3) is 5.11. The lowest BCUT2D eigenvalue weighted by Gasteiger charge is -2.25. The monoisotopic (exact) mass is 330 g/mol. The molecule has 3 nitrogen and oxygen atoms in total. The van der Waals surface area contributed by atoms with Gasteiger partial charge in [0, 0.05) is 32.3 Å². The van der Waals surface area contributed by atoms with E-state index in [1.54, 1.807) is 0 Å². The molecule has 2 rings (SSSR count). The summed E-state index contributed by atoms with van der Waals surface area (Å²) in [5.74, 6) is 0. The van der Waals surface area contributed by atoms with Crippen LogP contribution in [0, 0.1) is 0 Å². The summed E-state index contributed by atoms with van der Waals surface area (Å²) in [6.45, 7) is 7.92. The molecule has 21 heavy (non-hydrogen) atoms. The molecule has 0 bridgehead atoms. The molecule has 1 unspecified atom stereocenters. The molecular formula is C16H24Cl2N2O. The summed E-state index contributed by atoms with van der Waals surface area (Å²) in [4.78, 5) is 2.47. The Labute approximate surface area is 137 Å². The van der Waals surface area contributed by atoms with Crippen molar-refractivity contribution in [2.45, 2.75) is 25.8 Å². The maximum absolute atomic E-state index is 6.37. The van der Waals surface area contributed by atoms with E-state index in [0.717, 1.165) is 57.8 Å². The van der Waals surface area contributed by atoms with E-state index in [2.05, 4.69) is 23.2 Å². The second kappa shape index (κ2) is 8.96. The van der Waals surface area contributed by atoms with Crippen molar-refractivity contribution in [1.29, 1.82) is 0 Å². The summed E-state index contributed by atoms with van der Waals surface area (Å²) in [7, 11) is 0. The molecule has 0 saturated carbocycles. The summed E-state index contributed by atoms with van der Waals surface area (Å²) in [6, 6.07) is 6.11. The third-order valence-corrected chi connectivity index (χ3v) is 4.69. The van der Waals surface area contributed by atoms with Gasteiger partial charge in [-0.1, -0.05) is 42.3 Å². The highest BCUT2D eigenvalue weighted by Gasteiger charge is 2.17. The number of benzene rings is 1.